The van der Waals surface area contributed by atoms with Crippen LogP contribution in [0.1, 0.15) is 63.9 Å². The van der Waals surface area contributed by atoms with Crippen LogP contribution in [0.4, 0.5) is 5.69 Å². The average molecular weight is 671 g/mol. The highest BCUT2D eigenvalue weighted by molar-refractivity contribution is 6.01. The van der Waals surface area contributed by atoms with Gasteiger partial charge in [0.15, 0.2) is 17.9 Å². The van der Waals surface area contributed by atoms with Gasteiger partial charge in [0.1, 0.15) is 18.3 Å². The first-order valence-electron chi connectivity index (χ1n) is 15.5. The van der Waals surface area contributed by atoms with E-state index in [2.05, 4.69) is 10.6 Å². The predicted molar refractivity (Wildman–Crippen MR) is 169 cm³/mol. The standard InChI is InChI=1S/C34H42N2O12/c1-7-18(2)27-32(43)45-19(3)25(36-29(40)22-14-11-15-23(26(22)38)35-17-37)31(42)46-20(4)30(41)47-24(16-21-12-9-8-10-13-21)28(39)34(5,6)33(44)48-27/h8-15,17-20,24-25,27-28,38-39H,7,16H2,1-6H3,(H,35,37)(H,36,40)/t18-,19+,20-,24+,25+,27+,28-/m1/s1. The van der Waals surface area contributed by atoms with Gasteiger partial charge in [-0.25, -0.2) is 14.4 Å². The zero-order valence-electron chi connectivity index (χ0n) is 27.6. The molecule has 260 valence electrons. The third-order valence-electron chi connectivity index (χ3n) is 8.22. The Morgan fingerprint density at radius 2 is 1.60 bits per heavy atom. The number of phenolic OH excluding ortho intramolecular Hbond substituents is 1. The van der Waals surface area contributed by atoms with Gasteiger partial charge in [-0.3, -0.25) is 14.4 Å². The van der Waals surface area contributed by atoms with Crippen molar-refractivity contribution in [2.75, 3.05) is 5.32 Å². The minimum atomic E-state index is -1.75. The molecule has 48 heavy (non-hydrogen) atoms. The van der Waals surface area contributed by atoms with Crippen molar-refractivity contribution in [2.45, 2.75) is 90.9 Å². The number of carbonyl (C=O) groups is 6. The van der Waals surface area contributed by atoms with E-state index in [1.165, 1.54) is 45.9 Å². The Hall–Kier alpha value is -4.98. The van der Waals surface area contributed by atoms with Gasteiger partial charge in [0, 0.05) is 12.3 Å². The van der Waals surface area contributed by atoms with Gasteiger partial charge in [-0.05, 0) is 51.8 Å². The number of ether oxygens (including phenoxy) is 4. The molecule has 2 aromatic rings. The van der Waals surface area contributed by atoms with Gasteiger partial charge >= 0.3 is 23.9 Å². The van der Waals surface area contributed by atoms with Gasteiger partial charge in [-0.1, -0.05) is 50.2 Å². The van der Waals surface area contributed by atoms with Crippen molar-refractivity contribution in [1.29, 1.82) is 0 Å². The number of hydrogen-bond donors (Lipinski definition) is 4. The van der Waals surface area contributed by atoms with Crippen molar-refractivity contribution in [2.24, 2.45) is 11.3 Å². The molecule has 14 nitrogen and oxygen atoms in total. The molecular weight excluding hydrogens is 628 g/mol. The van der Waals surface area contributed by atoms with Crippen LogP contribution in [-0.4, -0.2) is 83.0 Å². The molecule has 0 aliphatic carbocycles. The number of aliphatic hydroxyl groups is 1. The largest absolute Gasteiger partial charge is 0.505 e. The average Bonchev–Trinajstić information content (AvgIpc) is 3.05. The summed E-state index contributed by atoms with van der Waals surface area (Å²) >= 11 is 0. The number of esters is 4. The fraction of sp³-hybridized carbons (Fsp3) is 0.471. The van der Waals surface area contributed by atoms with Crippen LogP contribution < -0.4 is 10.6 Å². The van der Waals surface area contributed by atoms with E-state index in [1.54, 1.807) is 44.2 Å². The van der Waals surface area contributed by atoms with Crippen LogP contribution in [-0.2, 0) is 49.3 Å². The summed E-state index contributed by atoms with van der Waals surface area (Å²) in [5.41, 5.74) is -1.48. The van der Waals surface area contributed by atoms with Crippen LogP contribution in [0.3, 0.4) is 0 Å². The highest BCUT2D eigenvalue weighted by atomic mass is 16.6. The van der Waals surface area contributed by atoms with Gasteiger partial charge < -0.3 is 39.8 Å². The fourth-order valence-corrected chi connectivity index (χ4v) is 4.88. The molecule has 0 radical (unpaired) electrons. The van der Waals surface area contributed by atoms with Crippen LogP contribution in [0.5, 0.6) is 5.75 Å². The van der Waals surface area contributed by atoms with E-state index in [0.29, 0.717) is 18.4 Å². The number of amides is 2. The zero-order valence-corrected chi connectivity index (χ0v) is 27.6. The number of aliphatic hydroxyl groups excluding tert-OH is 1. The quantitative estimate of drug-likeness (QED) is 0.138. The molecule has 4 N–H and O–H groups in total. The Bertz CT molecular complexity index is 1490. The number of phenols is 1. The molecule has 1 aliphatic heterocycles. The SMILES string of the molecule is CC[C@@H](C)[C@@H]1OC(=O)C(C)(C)[C@H](O)[C@H](Cc2ccccc2)OC(=O)[C@@H](C)OC(=O)[C@@H](NC(=O)c2cccc(NC=O)c2O)[C@H](C)OC1=O. The second-order valence-corrected chi connectivity index (χ2v) is 12.2. The molecule has 0 saturated carbocycles. The van der Waals surface area contributed by atoms with E-state index in [9.17, 15) is 39.0 Å². The Kier molecular flexibility index (Phi) is 12.7. The van der Waals surface area contributed by atoms with E-state index in [0.717, 1.165) is 0 Å². The molecule has 1 heterocycles. The van der Waals surface area contributed by atoms with Crippen LogP contribution in [0.15, 0.2) is 48.5 Å². The first-order valence-corrected chi connectivity index (χ1v) is 15.5. The Labute approximate surface area is 278 Å². The van der Waals surface area contributed by atoms with Crippen molar-refractivity contribution in [3.8, 4) is 5.75 Å². The summed E-state index contributed by atoms with van der Waals surface area (Å²) in [7, 11) is 0. The van der Waals surface area contributed by atoms with Crippen molar-refractivity contribution in [3.63, 3.8) is 0 Å². The number of rotatable bonds is 8. The highest BCUT2D eigenvalue weighted by Gasteiger charge is 2.47. The summed E-state index contributed by atoms with van der Waals surface area (Å²) in [6, 6.07) is 10.9. The van der Waals surface area contributed by atoms with Crippen LogP contribution in [0.2, 0.25) is 0 Å². The van der Waals surface area contributed by atoms with Gasteiger partial charge in [0.05, 0.1) is 16.7 Å². The predicted octanol–water partition coefficient (Wildman–Crippen LogP) is 2.44. The van der Waals surface area contributed by atoms with Gasteiger partial charge in [-0.2, -0.15) is 0 Å². The molecule has 0 unspecified atom stereocenters. The van der Waals surface area contributed by atoms with Crippen LogP contribution in [0.25, 0.3) is 0 Å². The van der Waals surface area contributed by atoms with Gasteiger partial charge in [0.2, 0.25) is 12.5 Å². The monoisotopic (exact) mass is 670 g/mol. The van der Waals surface area contributed by atoms with E-state index in [-0.39, 0.29) is 17.7 Å². The lowest BCUT2D eigenvalue weighted by molar-refractivity contribution is -0.190. The molecule has 2 amide bonds. The molecule has 0 bridgehead atoms. The summed E-state index contributed by atoms with van der Waals surface area (Å²) < 4.78 is 22.2. The maximum absolute atomic E-state index is 13.6. The molecule has 0 spiro atoms. The Morgan fingerprint density at radius 3 is 2.23 bits per heavy atom. The first-order chi connectivity index (χ1) is 22.6. The molecule has 3 rings (SSSR count). The Morgan fingerprint density at radius 1 is 0.938 bits per heavy atom. The third kappa shape index (κ3) is 8.88. The second-order valence-electron chi connectivity index (χ2n) is 12.2. The number of benzene rings is 2. The molecule has 1 fully saturated rings. The highest BCUT2D eigenvalue weighted by Crippen LogP contribution is 2.31. The first kappa shape index (κ1) is 37.5. The smallest absolute Gasteiger partial charge is 0.348 e. The molecule has 0 aromatic heterocycles. The summed E-state index contributed by atoms with van der Waals surface area (Å²) in [6.07, 6.45) is -6.88. The van der Waals surface area contributed by atoms with Crippen molar-refractivity contribution >= 4 is 41.9 Å². The summed E-state index contributed by atoms with van der Waals surface area (Å²) in [5.74, 6) is -6.50. The van der Waals surface area contributed by atoms with Crippen molar-refractivity contribution < 1.29 is 57.9 Å². The van der Waals surface area contributed by atoms with Gasteiger partial charge in [-0.15, -0.1) is 0 Å². The number of carbonyl (C=O) groups excluding carboxylic acids is 6. The topological polar surface area (TPSA) is 204 Å². The minimum Gasteiger partial charge on any atom is -0.505 e. The number of cyclic esters (lactones) is 4. The number of anilines is 1. The summed E-state index contributed by atoms with van der Waals surface area (Å²) in [4.78, 5) is 78.1. The lowest BCUT2D eigenvalue weighted by Gasteiger charge is -2.35. The molecular formula is C34H42N2O12. The number of aromatic hydroxyl groups is 1. The zero-order chi connectivity index (χ0) is 35.8. The molecule has 14 heteroatoms. The van der Waals surface area contributed by atoms with Gasteiger partial charge in [0.25, 0.3) is 5.91 Å². The van der Waals surface area contributed by atoms with E-state index < -0.39 is 83.4 Å². The van der Waals surface area contributed by atoms with E-state index in [4.69, 9.17) is 18.9 Å². The summed E-state index contributed by atoms with van der Waals surface area (Å²) in [5, 5.41) is 26.6. The fourth-order valence-electron chi connectivity index (χ4n) is 4.88. The lowest BCUT2D eigenvalue weighted by atomic mass is 9.81. The maximum Gasteiger partial charge on any atom is 0.348 e. The van der Waals surface area contributed by atoms with Crippen LogP contribution >= 0.6 is 0 Å². The number of para-hydroxylation sites is 1. The Balaban J connectivity index is 2.05. The molecule has 1 saturated heterocycles. The normalized spacial score (nSPS) is 25.9. The van der Waals surface area contributed by atoms with E-state index in [1.807, 2.05) is 0 Å². The number of hydrogen-bond acceptors (Lipinski definition) is 12. The lowest BCUT2D eigenvalue weighted by Crippen LogP contribution is -2.52. The molecule has 7 atom stereocenters. The van der Waals surface area contributed by atoms with Crippen molar-refractivity contribution in [3.05, 3.63) is 59.7 Å². The third-order valence-corrected chi connectivity index (χ3v) is 8.22. The maximum atomic E-state index is 13.6. The molecule has 1 aliphatic rings. The van der Waals surface area contributed by atoms with E-state index >= 15 is 0 Å². The molecule has 2 aromatic carbocycles. The van der Waals surface area contributed by atoms with Crippen molar-refractivity contribution in [1.82, 2.24) is 5.32 Å². The minimum absolute atomic E-state index is 0.0286. The number of nitrogens with one attached hydrogen (secondary N) is 2. The second kappa shape index (κ2) is 16.2. The van der Waals surface area contributed by atoms with Crippen LogP contribution in [0, 0.1) is 11.3 Å². The summed E-state index contributed by atoms with van der Waals surface area (Å²) in [6.45, 7) is 8.64.